The first-order valence-corrected chi connectivity index (χ1v) is 8.23. The van der Waals surface area contributed by atoms with Gasteiger partial charge in [0.05, 0.1) is 5.56 Å². The van der Waals surface area contributed by atoms with E-state index in [9.17, 15) is 9.59 Å². The molecule has 0 unspecified atom stereocenters. The third kappa shape index (κ3) is 3.48. The molecule has 1 amide bonds. The van der Waals surface area contributed by atoms with Crippen molar-refractivity contribution in [2.45, 2.75) is 24.7 Å². The standard InChI is InChI=1S/C20H21NO3/c22-13-16-7-4-5-10-18(16)24-14-19(23)21-15-20(11-6-12-20)17-8-2-1-3-9-17/h1-5,7-10,13H,6,11-12,14-15H2,(H,21,23). The summed E-state index contributed by atoms with van der Waals surface area (Å²) in [4.78, 5) is 23.1. The molecule has 2 aromatic carbocycles. The molecule has 0 atom stereocenters. The average Bonchev–Trinajstić information content (AvgIpc) is 2.60. The van der Waals surface area contributed by atoms with Crippen LogP contribution in [0.3, 0.4) is 0 Å². The van der Waals surface area contributed by atoms with Gasteiger partial charge >= 0.3 is 0 Å². The van der Waals surface area contributed by atoms with E-state index in [1.54, 1.807) is 24.3 Å². The van der Waals surface area contributed by atoms with Crippen LogP contribution in [0.2, 0.25) is 0 Å². The average molecular weight is 323 g/mol. The molecule has 4 nitrogen and oxygen atoms in total. The minimum absolute atomic E-state index is 0.0532. The largest absolute Gasteiger partial charge is 0.483 e. The van der Waals surface area contributed by atoms with Gasteiger partial charge in [0.15, 0.2) is 12.9 Å². The van der Waals surface area contributed by atoms with Gasteiger partial charge in [-0.2, -0.15) is 0 Å². The van der Waals surface area contributed by atoms with Gasteiger partial charge in [-0.3, -0.25) is 9.59 Å². The van der Waals surface area contributed by atoms with E-state index in [4.69, 9.17) is 4.74 Å². The van der Waals surface area contributed by atoms with Crippen LogP contribution in [0.1, 0.15) is 35.2 Å². The van der Waals surface area contributed by atoms with Crippen LogP contribution in [0.15, 0.2) is 54.6 Å². The number of carbonyl (C=O) groups is 2. The molecule has 24 heavy (non-hydrogen) atoms. The van der Waals surface area contributed by atoms with E-state index in [1.165, 1.54) is 12.0 Å². The Morgan fingerprint density at radius 1 is 1.08 bits per heavy atom. The molecule has 0 bridgehead atoms. The second kappa shape index (κ2) is 7.30. The van der Waals surface area contributed by atoms with Gasteiger partial charge in [0.1, 0.15) is 5.75 Å². The maximum atomic E-state index is 12.1. The van der Waals surface area contributed by atoms with Crippen molar-refractivity contribution in [2.24, 2.45) is 0 Å². The van der Waals surface area contributed by atoms with Crippen LogP contribution in [0, 0.1) is 0 Å². The molecular weight excluding hydrogens is 302 g/mol. The lowest BCUT2D eigenvalue weighted by Gasteiger charge is -2.42. The van der Waals surface area contributed by atoms with Crippen molar-refractivity contribution >= 4 is 12.2 Å². The highest BCUT2D eigenvalue weighted by Gasteiger charge is 2.38. The van der Waals surface area contributed by atoms with Gasteiger partial charge in [-0.15, -0.1) is 0 Å². The Morgan fingerprint density at radius 2 is 1.79 bits per heavy atom. The zero-order chi connectivity index (χ0) is 16.8. The third-order valence-corrected chi connectivity index (χ3v) is 4.73. The van der Waals surface area contributed by atoms with Gasteiger partial charge in [-0.25, -0.2) is 0 Å². The van der Waals surface area contributed by atoms with Crippen LogP contribution < -0.4 is 10.1 Å². The lowest BCUT2D eigenvalue weighted by Crippen LogP contribution is -2.46. The lowest BCUT2D eigenvalue weighted by atomic mass is 9.64. The van der Waals surface area contributed by atoms with E-state index in [-0.39, 0.29) is 17.9 Å². The second-order valence-corrected chi connectivity index (χ2v) is 6.22. The van der Waals surface area contributed by atoms with E-state index in [0.29, 0.717) is 17.9 Å². The first kappa shape index (κ1) is 16.2. The molecule has 3 rings (SSSR count). The van der Waals surface area contributed by atoms with E-state index >= 15 is 0 Å². The minimum atomic E-state index is -0.169. The first-order valence-electron chi connectivity index (χ1n) is 8.23. The van der Waals surface area contributed by atoms with Gasteiger partial charge in [0.25, 0.3) is 5.91 Å². The fraction of sp³-hybridized carbons (Fsp3) is 0.300. The Morgan fingerprint density at radius 3 is 2.46 bits per heavy atom. The Bertz CT molecular complexity index is 708. The van der Waals surface area contributed by atoms with Crippen LogP contribution in [0.5, 0.6) is 5.75 Å². The summed E-state index contributed by atoms with van der Waals surface area (Å²) in [6.07, 6.45) is 4.10. The monoisotopic (exact) mass is 323 g/mol. The number of benzene rings is 2. The number of para-hydroxylation sites is 1. The van der Waals surface area contributed by atoms with Crippen molar-refractivity contribution < 1.29 is 14.3 Å². The number of carbonyl (C=O) groups excluding carboxylic acids is 2. The fourth-order valence-electron chi connectivity index (χ4n) is 3.13. The van der Waals surface area contributed by atoms with Crippen LogP contribution >= 0.6 is 0 Å². The summed E-state index contributed by atoms with van der Waals surface area (Å²) >= 11 is 0. The van der Waals surface area contributed by atoms with Crippen LogP contribution in [-0.2, 0) is 10.2 Å². The summed E-state index contributed by atoms with van der Waals surface area (Å²) < 4.78 is 5.47. The molecule has 0 spiro atoms. The number of hydrogen-bond acceptors (Lipinski definition) is 3. The Labute approximate surface area is 141 Å². The van der Waals surface area contributed by atoms with E-state index < -0.39 is 0 Å². The molecule has 1 saturated carbocycles. The van der Waals surface area contributed by atoms with Crippen LogP contribution in [-0.4, -0.2) is 25.3 Å². The minimum Gasteiger partial charge on any atom is -0.483 e. The third-order valence-electron chi connectivity index (χ3n) is 4.73. The summed E-state index contributed by atoms with van der Waals surface area (Å²) in [6.45, 7) is 0.532. The lowest BCUT2D eigenvalue weighted by molar-refractivity contribution is -0.123. The summed E-state index contributed by atoms with van der Waals surface area (Å²) in [6, 6.07) is 17.2. The molecule has 0 heterocycles. The van der Waals surface area contributed by atoms with Crippen molar-refractivity contribution in [1.29, 1.82) is 0 Å². The first-order chi connectivity index (χ1) is 11.7. The molecule has 0 radical (unpaired) electrons. The molecule has 1 aliphatic carbocycles. The Hall–Kier alpha value is -2.62. The van der Waals surface area contributed by atoms with E-state index in [0.717, 1.165) is 19.1 Å². The number of amides is 1. The zero-order valence-electron chi connectivity index (χ0n) is 13.5. The molecule has 1 fully saturated rings. The summed E-state index contributed by atoms with van der Waals surface area (Å²) in [5.41, 5.74) is 1.78. The molecule has 0 saturated heterocycles. The smallest absolute Gasteiger partial charge is 0.257 e. The van der Waals surface area contributed by atoms with Crippen molar-refractivity contribution in [1.82, 2.24) is 5.32 Å². The van der Waals surface area contributed by atoms with Gasteiger partial charge in [-0.05, 0) is 30.5 Å². The van der Waals surface area contributed by atoms with Crippen LogP contribution in [0.4, 0.5) is 0 Å². The molecule has 4 heteroatoms. The highest BCUT2D eigenvalue weighted by molar-refractivity contribution is 5.80. The number of nitrogens with one attached hydrogen (secondary N) is 1. The van der Waals surface area contributed by atoms with Gasteiger partial charge in [0, 0.05) is 12.0 Å². The van der Waals surface area contributed by atoms with Crippen molar-refractivity contribution in [3.63, 3.8) is 0 Å². The Balaban J connectivity index is 1.55. The summed E-state index contributed by atoms with van der Waals surface area (Å²) in [5.74, 6) is 0.266. The van der Waals surface area contributed by atoms with Crippen molar-refractivity contribution in [2.75, 3.05) is 13.2 Å². The fourth-order valence-corrected chi connectivity index (χ4v) is 3.13. The van der Waals surface area contributed by atoms with Gasteiger partial charge in [0.2, 0.25) is 0 Å². The number of rotatable bonds is 7. The van der Waals surface area contributed by atoms with Gasteiger partial charge in [-0.1, -0.05) is 48.9 Å². The predicted octanol–water partition coefficient (Wildman–Crippen LogP) is 3.12. The SMILES string of the molecule is O=Cc1ccccc1OCC(=O)NCC1(c2ccccc2)CCC1. The summed E-state index contributed by atoms with van der Waals surface area (Å²) in [5, 5.41) is 2.98. The second-order valence-electron chi connectivity index (χ2n) is 6.22. The molecular formula is C20H21NO3. The molecule has 2 aromatic rings. The Kier molecular flexibility index (Phi) is 4.94. The summed E-state index contributed by atoms with van der Waals surface area (Å²) in [7, 11) is 0. The maximum Gasteiger partial charge on any atom is 0.257 e. The quantitative estimate of drug-likeness (QED) is 0.797. The number of aldehydes is 1. The molecule has 1 N–H and O–H groups in total. The molecule has 1 aliphatic rings. The zero-order valence-corrected chi connectivity index (χ0v) is 13.5. The van der Waals surface area contributed by atoms with Crippen molar-refractivity contribution in [3.8, 4) is 5.75 Å². The maximum absolute atomic E-state index is 12.1. The van der Waals surface area contributed by atoms with Crippen LogP contribution in [0.25, 0.3) is 0 Å². The van der Waals surface area contributed by atoms with Gasteiger partial charge < -0.3 is 10.1 Å². The molecule has 124 valence electrons. The highest BCUT2D eigenvalue weighted by atomic mass is 16.5. The number of ether oxygens (including phenoxy) is 1. The highest BCUT2D eigenvalue weighted by Crippen LogP contribution is 2.43. The topological polar surface area (TPSA) is 55.4 Å². The molecule has 0 aliphatic heterocycles. The molecule has 0 aromatic heterocycles. The van der Waals surface area contributed by atoms with E-state index in [2.05, 4.69) is 17.4 Å². The normalized spacial score (nSPS) is 15.2. The number of hydrogen-bond donors (Lipinski definition) is 1. The predicted molar refractivity (Wildman–Crippen MR) is 92.3 cm³/mol. The van der Waals surface area contributed by atoms with Crippen molar-refractivity contribution in [3.05, 3.63) is 65.7 Å². The van der Waals surface area contributed by atoms with E-state index in [1.807, 2.05) is 18.2 Å².